The SMILES string of the molecule is CC.CC.CCC(C)c1ccccc1.CCC(C)c1ccccc1. The lowest BCUT2D eigenvalue weighted by Crippen LogP contribution is -1.88. The number of rotatable bonds is 4. The Morgan fingerprint density at radius 1 is 0.542 bits per heavy atom. The summed E-state index contributed by atoms with van der Waals surface area (Å²) in [6, 6.07) is 21.3. The van der Waals surface area contributed by atoms with Gasteiger partial charge in [-0.15, -0.1) is 0 Å². The van der Waals surface area contributed by atoms with Gasteiger partial charge in [0.15, 0.2) is 0 Å². The Bertz CT molecular complexity index is 398. The maximum atomic E-state index is 2.26. The molecule has 0 amide bonds. The predicted molar refractivity (Wildman–Crippen MR) is 113 cm³/mol. The van der Waals surface area contributed by atoms with E-state index in [1.807, 2.05) is 27.7 Å². The largest absolute Gasteiger partial charge is 0.0683 e. The highest BCUT2D eigenvalue weighted by molar-refractivity contribution is 5.18. The Morgan fingerprint density at radius 2 is 0.792 bits per heavy atom. The van der Waals surface area contributed by atoms with Crippen LogP contribution in [0.4, 0.5) is 0 Å². The summed E-state index contributed by atoms with van der Waals surface area (Å²) < 4.78 is 0. The topological polar surface area (TPSA) is 0 Å². The van der Waals surface area contributed by atoms with Crippen LogP contribution in [0.5, 0.6) is 0 Å². The molecule has 136 valence electrons. The quantitative estimate of drug-likeness (QED) is 0.528. The predicted octanol–water partition coefficient (Wildman–Crippen LogP) is 8.45. The molecular weight excluding hydrogens is 288 g/mol. The van der Waals surface area contributed by atoms with Crippen LogP contribution in [-0.2, 0) is 0 Å². The first-order chi connectivity index (χ1) is 11.7. The molecule has 2 rings (SSSR count). The standard InChI is InChI=1S/2C10H14.2C2H6/c2*1-3-9(2)10-7-5-4-6-8-10;2*1-2/h2*4-9H,3H2,1-2H3;2*1-2H3. The second kappa shape index (κ2) is 17.8. The maximum Gasteiger partial charge on any atom is -0.0193 e. The highest BCUT2D eigenvalue weighted by Gasteiger charge is 1.99. The second-order valence-electron chi connectivity index (χ2n) is 5.44. The van der Waals surface area contributed by atoms with Crippen molar-refractivity contribution in [1.82, 2.24) is 0 Å². The van der Waals surface area contributed by atoms with E-state index in [0.717, 1.165) is 0 Å². The Morgan fingerprint density at radius 3 is 1.00 bits per heavy atom. The molecule has 0 radical (unpaired) electrons. The summed E-state index contributed by atoms with van der Waals surface area (Å²) >= 11 is 0. The molecule has 0 aliphatic rings. The van der Waals surface area contributed by atoms with Crippen molar-refractivity contribution >= 4 is 0 Å². The zero-order valence-electron chi connectivity index (χ0n) is 17.3. The van der Waals surface area contributed by atoms with Gasteiger partial charge >= 0.3 is 0 Å². The average Bonchev–Trinajstić information content (AvgIpc) is 2.71. The summed E-state index contributed by atoms with van der Waals surface area (Å²) in [5.41, 5.74) is 2.90. The van der Waals surface area contributed by atoms with E-state index in [9.17, 15) is 0 Å². The van der Waals surface area contributed by atoms with Crippen LogP contribution in [0.3, 0.4) is 0 Å². The van der Waals surface area contributed by atoms with Crippen molar-refractivity contribution in [3.05, 3.63) is 71.8 Å². The van der Waals surface area contributed by atoms with Crippen molar-refractivity contribution < 1.29 is 0 Å². The van der Waals surface area contributed by atoms with Gasteiger partial charge in [0.05, 0.1) is 0 Å². The molecule has 0 bridgehead atoms. The van der Waals surface area contributed by atoms with E-state index in [4.69, 9.17) is 0 Å². The third kappa shape index (κ3) is 11.0. The Balaban J connectivity index is 0. The molecule has 0 spiro atoms. The van der Waals surface area contributed by atoms with E-state index in [0.29, 0.717) is 11.8 Å². The Labute approximate surface area is 152 Å². The molecule has 0 aliphatic carbocycles. The molecular formula is C24H40. The van der Waals surface area contributed by atoms with Crippen LogP contribution in [0.2, 0.25) is 0 Å². The van der Waals surface area contributed by atoms with Crippen LogP contribution >= 0.6 is 0 Å². The van der Waals surface area contributed by atoms with Crippen molar-refractivity contribution in [3.8, 4) is 0 Å². The van der Waals surface area contributed by atoms with E-state index in [-0.39, 0.29) is 0 Å². The summed E-state index contributed by atoms with van der Waals surface area (Å²) in [4.78, 5) is 0. The molecule has 0 saturated carbocycles. The van der Waals surface area contributed by atoms with E-state index >= 15 is 0 Å². The van der Waals surface area contributed by atoms with Crippen molar-refractivity contribution in [2.45, 2.75) is 80.1 Å². The smallest absolute Gasteiger partial charge is 0.0193 e. The third-order valence-electron chi connectivity index (χ3n) is 3.96. The van der Waals surface area contributed by atoms with Gasteiger partial charge in [0, 0.05) is 0 Å². The zero-order chi connectivity index (χ0) is 18.8. The summed E-state index contributed by atoms with van der Waals surface area (Å²) in [5, 5.41) is 0. The highest BCUT2D eigenvalue weighted by Crippen LogP contribution is 2.17. The molecule has 2 aromatic rings. The van der Waals surface area contributed by atoms with Crippen molar-refractivity contribution in [2.24, 2.45) is 0 Å². The van der Waals surface area contributed by atoms with Crippen LogP contribution < -0.4 is 0 Å². The van der Waals surface area contributed by atoms with Gasteiger partial charge in [-0.1, -0.05) is 116 Å². The summed E-state index contributed by atoms with van der Waals surface area (Å²) in [7, 11) is 0. The summed E-state index contributed by atoms with van der Waals surface area (Å²) in [6.07, 6.45) is 2.45. The van der Waals surface area contributed by atoms with E-state index in [1.165, 1.54) is 24.0 Å². The maximum absolute atomic E-state index is 2.26. The fraction of sp³-hybridized carbons (Fsp3) is 0.500. The lowest BCUT2D eigenvalue weighted by Gasteiger charge is -2.06. The monoisotopic (exact) mass is 328 g/mol. The lowest BCUT2D eigenvalue weighted by atomic mass is 9.99. The first-order valence-corrected chi connectivity index (χ1v) is 9.78. The minimum atomic E-state index is 0.709. The molecule has 0 saturated heterocycles. The normalized spacial score (nSPS) is 11.3. The highest BCUT2D eigenvalue weighted by atomic mass is 14.0. The van der Waals surface area contributed by atoms with Crippen LogP contribution in [-0.4, -0.2) is 0 Å². The molecule has 0 heterocycles. The molecule has 2 aromatic carbocycles. The van der Waals surface area contributed by atoms with E-state index in [1.54, 1.807) is 0 Å². The van der Waals surface area contributed by atoms with Crippen molar-refractivity contribution in [1.29, 1.82) is 0 Å². The van der Waals surface area contributed by atoms with Gasteiger partial charge in [-0.3, -0.25) is 0 Å². The van der Waals surface area contributed by atoms with Gasteiger partial charge in [-0.05, 0) is 35.8 Å². The Hall–Kier alpha value is -1.56. The first-order valence-electron chi connectivity index (χ1n) is 9.78. The van der Waals surface area contributed by atoms with Gasteiger partial charge in [-0.2, -0.15) is 0 Å². The minimum Gasteiger partial charge on any atom is -0.0683 e. The molecule has 24 heavy (non-hydrogen) atoms. The first kappa shape index (κ1) is 24.7. The van der Waals surface area contributed by atoms with Crippen LogP contribution in [0.1, 0.15) is 91.2 Å². The number of hydrogen-bond acceptors (Lipinski definition) is 0. The van der Waals surface area contributed by atoms with Crippen LogP contribution in [0, 0.1) is 0 Å². The van der Waals surface area contributed by atoms with Crippen LogP contribution in [0.15, 0.2) is 60.7 Å². The lowest BCUT2D eigenvalue weighted by molar-refractivity contribution is 0.733. The zero-order valence-corrected chi connectivity index (χ0v) is 17.3. The molecule has 0 aliphatic heterocycles. The molecule has 2 unspecified atom stereocenters. The summed E-state index contributed by atoms with van der Waals surface area (Å²) in [5.74, 6) is 1.42. The van der Waals surface area contributed by atoms with Gasteiger partial charge in [0.2, 0.25) is 0 Å². The van der Waals surface area contributed by atoms with Gasteiger partial charge < -0.3 is 0 Å². The van der Waals surface area contributed by atoms with Crippen molar-refractivity contribution in [3.63, 3.8) is 0 Å². The molecule has 0 N–H and O–H groups in total. The number of benzene rings is 2. The molecule has 0 nitrogen and oxygen atoms in total. The fourth-order valence-corrected chi connectivity index (χ4v) is 2.03. The molecule has 2 atom stereocenters. The second-order valence-corrected chi connectivity index (χ2v) is 5.44. The Kier molecular flexibility index (Phi) is 18.3. The van der Waals surface area contributed by atoms with Gasteiger partial charge in [0.25, 0.3) is 0 Å². The van der Waals surface area contributed by atoms with Crippen molar-refractivity contribution in [2.75, 3.05) is 0 Å². The minimum absolute atomic E-state index is 0.709. The average molecular weight is 329 g/mol. The van der Waals surface area contributed by atoms with E-state index in [2.05, 4.69) is 88.4 Å². The fourth-order valence-electron chi connectivity index (χ4n) is 2.03. The van der Waals surface area contributed by atoms with Gasteiger partial charge in [0.1, 0.15) is 0 Å². The molecule has 0 heteroatoms. The van der Waals surface area contributed by atoms with Gasteiger partial charge in [-0.25, -0.2) is 0 Å². The molecule has 0 aromatic heterocycles. The third-order valence-corrected chi connectivity index (χ3v) is 3.96. The number of hydrogen-bond donors (Lipinski definition) is 0. The summed E-state index contributed by atoms with van der Waals surface area (Å²) in [6.45, 7) is 17.0. The van der Waals surface area contributed by atoms with E-state index < -0.39 is 0 Å². The van der Waals surface area contributed by atoms with Crippen LogP contribution in [0.25, 0.3) is 0 Å². The molecule has 0 fully saturated rings.